The van der Waals surface area contributed by atoms with Gasteiger partial charge in [0.25, 0.3) is 5.91 Å². The Morgan fingerprint density at radius 3 is 2.48 bits per heavy atom. The first kappa shape index (κ1) is 13.5. The first-order chi connectivity index (χ1) is 10.1. The molecule has 0 aliphatic heterocycles. The van der Waals surface area contributed by atoms with E-state index in [1.54, 1.807) is 12.1 Å². The molecule has 1 fully saturated rings. The van der Waals surface area contributed by atoms with Gasteiger partial charge in [-0.15, -0.1) is 0 Å². The predicted molar refractivity (Wildman–Crippen MR) is 85.8 cm³/mol. The van der Waals surface area contributed by atoms with Crippen molar-refractivity contribution in [2.45, 2.75) is 25.8 Å². The molecule has 4 nitrogen and oxygen atoms in total. The number of hydrogen-bond acceptors (Lipinski definition) is 3. The number of anilines is 3. The summed E-state index contributed by atoms with van der Waals surface area (Å²) >= 11 is 0. The second kappa shape index (κ2) is 5.48. The number of amides is 1. The molecule has 0 spiro atoms. The highest BCUT2D eigenvalue weighted by molar-refractivity contribution is 5.96. The van der Waals surface area contributed by atoms with E-state index in [2.05, 4.69) is 10.6 Å². The zero-order valence-electron chi connectivity index (χ0n) is 12.0. The highest BCUT2D eigenvalue weighted by Gasteiger charge is 2.23. The SMILES string of the molecule is Cc1ccc(Nc2ccc(C(=O)NC3CC3)cc2N)cc1. The largest absolute Gasteiger partial charge is 0.397 e. The quantitative estimate of drug-likeness (QED) is 0.754. The van der Waals surface area contributed by atoms with E-state index in [0.717, 1.165) is 24.2 Å². The van der Waals surface area contributed by atoms with Crippen LogP contribution in [0.15, 0.2) is 42.5 Å². The average molecular weight is 281 g/mol. The number of nitrogen functional groups attached to an aromatic ring is 1. The molecule has 0 atom stereocenters. The van der Waals surface area contributed by atoms with E-state index in [4.69, 9.17) is 5.73 Å². The van der Waals surface area contributed by atoms with Gasteiger partial charge in [0.2, 0.25) is 0 Å². The first-order valence-electron chi connectivity index (χ1n) is 7.16. The van der Waals surface area contributed by atoms with Gasteiger partial charge in [-0.05, 0) is 50.1 Å². The maximum absolute atomic E-state index is 12.0. The Hall–Kier alpha value is -2.49. The maximum Gasteiger partial charge on any atom is 0.251 e. The minimum atomic E-state index is -0.0499. The van der Waals surface area contributed by atoms with E-state index in [-0.39, 0.29) is 5.91 Å². The van der Waals surface area contributed by atoms with Gasteiger partial charge in [0.1, 0.15) is 0 Å². The average Bonchev–Trinajstić information content (AvgIpc) is 3.27. The molecule has 2 aromatic rings. The fraction of sp³-hybridized carbons (Fsp3) is 0.235. The molecule has 108 valence electrons. The summed E-state index contributed by atoms with van der Waals surface area (Å²) in [5, 5.41) is 6.22. The number of nitrogens with one attached hydrogen (secondary N) is 2. The number of aryl methyl sites for hydroxylation is 1. The van der Waals surface area contributed by atoms with Crippen molar-refractivity contribution in [3.63, 3.8) is 0 Å². The van der Waals surface area contributed by atoms with Crippen molar-refractivity contribution in [2.24, 2.45) is 0 Å². The highest BCUT2D eigenvalue weighted by Crippen LogP contribution is 2.25. The van der Waals surface area contributed by atoms with Crippen LogP contribution >= 0.6 is 0 Å². The first-order valence-corrected chi connectivity index (χ1v) is 7.16. The van der Waals surface area contributed by atoms with Crippen LogP contribution in [0.1, 0.15) is 28.8 Å². The molecule has 21 heavy (non-hydrogen) atoms. The van der Waals surface area contributed by atoms with Crippen LogP contribution < -0.4 is 16.4 Å². The molecular formula is C17H19N3O. The summed E-state index contributed by atoms with van der Waals surface area (Å²) < 4.78 is 0. The zero-order chi connectivity index (χ0) is 14.8. The molecule has 0 bridgehead atoms. The molecule has 0 saturated heterocycles. The standard InChI is InChI=1S/C17H19N3O/c1-11-2-5-13(6-3-11)19-16-9-4-12(10-15(16)18)17(21)20-14-7-8-14/h2-6,9-10,14,19H,7-8,18H2,1H3,(H,20,21). The summed E-state index contributed by atoms with van der Waals surface area (Å²) in [6, 6.07) is 13.8. The number of nitrogens with two attached hydrogens (primary N) is 1. The molecule has 1 aliphatic carbocycles. The van der Waals surface area contributed by atoms with E-state index in [1.807, 2.05) is 37.3 Å². The molecule has 4 heteroatoms. The third kappa shape index (κ3) is 3.34. The molecule has 2 aromatic carbocycles. The molecule has 4 N–H and O–H groups in total. The van der Waals surface area contributed by atoms with Crippen molar-refractivity contribution in [1.82, 2.24) is 5.32 Å². The van der Waals surface area contributed by atoms with Gasteiger partial charge in [-0.25, -0.2) is 0 Å². The van der Waals surface area contributed by atoms with Crippen LogP contribution in [-0.2, 0) is 0 Å². The fourth-order valence-corrected chi connectivity index (χ4v) is 2.11. The number of benzene rings is 2. The van der Waals surface area contributed by atoms with Gasteiger partial charge in [-0.2, -0.15) is 0 Å². The summed E-state index contributed by atoms with van der Waals surface area (Å²) in [5.41, 5.74) is 10.2. The lowest BCUT2D eigenvalue weighted by Gasteiger charge is -2.11. The van der Waals surface area contributed by atoms with Crippen molar-refractivity contribution in [3.05, 3.63) is 53.6 Å². The third-order valence-corrected chi connectivity index (χ3v) is 3.56. The van der Waals surface area contributed by atoms with Gasteiger partial charge in [-0.1, -0.05) is 17.7 Å². The molecule has 0 radical (unpaired) electrons. The molecular weight excluding hydrogens is 262 g/mol. The van der Waals surface area contributed by atoms with Crippen LogP contribution in [0.3, 0.4) is 0 Å². The van der Waals surface area contributed by atoms with Crippen LogP contribution in [-0.4, -0.2) is 11.9 Å². The zero-order valence-corrected chi connectivity index (χ0v) is 12.0. The monoisotopic (exact) mass is 281 g/mol. The van der Waals surface area contributed by atoms with Crippen LogP contribution in [0.4, 0.5) is 17.1 Å². The minimum absolute atomic E-state index is 0.0499. The van der Waals surface area contributed by atoms with Gasteiger partial charge in [-0.3, -0.25) is 4.79 Å². The molecule has 3 rings (SSSR count). The molecule has 0 unspecified atom stereocenters. The number of hydrogen-bond donors (Lipinski definition) is 3. The summed E-state index contributed by atoms with van der Waals surface area (Å²) in [5.74, 6) is -0.0499. The van der Waals surface area contributed by atoms with Gasteiger partial charge in [0.15, 0.2) is 0 Å². The molecule has 0 heterocycles. The second-order valence-electron chi connectivity index (χ2n) is 5.54. The Kier molecular flexibility index (Phi) is 3.52. The number of carbonyl (C=O) groups excluding carboxylic acids is 1. The Bertz CT molecular complexity index is 660. The van der Waals surface area contributed by atoms with Crippen LogP contribution in [0.5, 0.6) is 0 Å². The van der Waals surface area contributed by atoms with E-state index in [0.29, 0.717) is 17.3 Å². The Labute approximate surface area is 124 Å². The smallest absolute Gasteiger partial charge is 0.251 e. The van der Waals surface area contributed by atoms with E-state index >= 15 is 0 Å². The lowest BCUT2D eigenvalue weighted by atomic mass is 10.1. The maximum atomic E-state index is 12.0. The van der Waals surface area contributed by atoms with Crippen LogP contribution in [0.25, 0.3) is 0 Å². The summed E-state index contributed by atoms with van der Waals surface area (Å²) in [7, 11) is 0. The minimum Gasteiger partial charge on any atom is -0.397 e. The second-order valence-corrected chi connectivity index (χ2v) is 5.54. The van der Waals surface area contributed by atoms with Crippen molar-refractivity contribution < 1.29 is 4.79 Å². The fourth-order valence-electron chi connectivity index (χ4n) is 2.11. The molecule has 1 saturated carbocycles. The lowest BCUT2D eigenvalue weighted by Crippen LogP contribution is -2.25. The summed E-state index contributed by atoms with van der Waals surface area (Å²) in [4.78, 5) is 12.0. The van der Waals surface area contributed by atoms with Crippen molar-refractivity contribution >= 4 is 23.0 Å². The lowest BCUT2D eigenvalue weighted by molar-refractivity contribution is 0.0951. The van der Waals surface area contributed by atoms with Crippen LogP contribution in [0.2, 0.25) is 0 Å². The Morgan fingerprint density at radius 1 is 1.14 bits per heavy atom. The Morgan fingerprint density at radius 2 is 1.86 bits per heavy atom. The van der Waals surface area contributed by atoms with Crippen molar-refractivity contribution in [3.8, 4) is 0 Å². The Balaban J connectivity index is 1.74. The van der Waals surface area contributed by atoms with Crippen molar-refractivity contribution in [1.29, 1.82) is 0 Å². The van der Waals surface area contributed by atoms with Crippen LogP contribution in [0, 0.1) is 6.92 Å². The highest BCUT2D eigenvalue weighted by atomic mass is 16.1. The van der Waals surface area contributed by atoms with E-state index < -0.39 is 0 Å². The summed E-state index contributed by atoms with van der Waals surface area (Å²) in [6.07, 6.45) is 2.16. The predicted octanol–water partition coefficient (Wildman–Crippen LogP) is 3.21. The normalized spacial score (nSPS) is 13.8. The van der Waals surface area contributed by atoms with E-state index in [9.17, 15) is 4.79 Å². The molecule has 1 aliphatic rings. The number of rotatable bonds is 4. The van der Waals surface area contributed by atoms with E-state index in [1.165, 1.54) is 5.56 Å². The third-order valence-electron chi connectivity index (χ3n) is 3.56. The topological polar surface area (TPSA) is 67.2 Å². The van der Waals surface area contributed by atoms with Gasteiger partial charge >= 0.3 is 0 Å². The molecule has 1 amide bonds. The molecule has 0 aromatic heterocycles. The van der Waals surface area contributed by atoms with Crippen molar-refractivity contribution in [2.75, 3.05) is 11.1 Å². The summed E-state index contributed by atoms with van der Waals surface area (Å²) in [6.45, 7) is 2.05. The number of carbonyl (C=O) groups is 1. The van der Waals surface area contributed by atoms with Gasteiger partial charge in [0.05, 0.1) is 11.4 Å². The van der Waals surface area contributed by atoms with Gasteiger partial charge in [0, 0.05) is 17.3 Å². The van der Waals surface area contributed by atoms with Gasteiger partial charge < -0.3 is 16.4 Å².